The number of aryl methyl sites for hydroxylation is 1. The maximum absolute atomic E-state index is 12.3. The number of anilines is 1. The number of carbonyl (C=O) groups excluding carboxylic acids is 1. The molecule has 1 aliphatic rings. The van der Waals surface area contributed by atoms with Crippen LogP contribution in [0.15, 0.2) is 29.4 Å². The van der Waals surface area contributed by atoms with E-state index in [1.54, 1.807) is 18.0 Å². The first kappa shape index (κ1) is 17.3. The Balaban J connectivity index is 1.57. The maximum Gasteiger partial charge on any atom is 0.233 e. The first-order valence-corrected chi connectivity index (χ1v) is 8.86. The molecule has 0 saturated heterocycles. The molecule has 1 aromatic carbocycles. The van der Waals surface area contributed by atoms with Gasteiger partial charge in [-0.2, -0.15) is 0 Å². The molecule has 8 heteroatoms. The third-order valence-corrected chi connectivity index (χ3v) is 4.46. The van der Waals surface area contributed by atoms with Crippen LogP contribution >= 0.6 is 11.8 Å². The summed E-state index contributed by atoms with van der Waals surface area (Å²) in [6.07, 6.45) is 0. The molecule has 0 unspecified atom stereocenters. The second kappa shape index (κ2) is 7.60. The lowest BCUT2D eigenvalue weighted by atomic mass is 10.2. The van der Waals surface area contributed by atoms with Gasteiger partial charge in [0.05, 0.1) is 5.75 Å². The summed E-state index contributed by atoms with van der Waals surface area (Å²) < 4.78 is 11.1. The molecule has 0 spiro atoms. The average Bonchev–Trinajstić information content (AvgIpc) is 2.58. The van der Waals surface area contributed by atoms with E-state index in [2.05, 4.69) is 9.97 Å². The van der Waals surface area contributed by atoms with Gasteiger partial charge in [-0.05, 0) is 24.6 Å². The van der Waals surface area contributed by atoms with E-state index in [9.17, 15) is 4.79 Å². The average molecular weight is 360 g/mol. The summed E-state index contributed by atoms with van der Waals surface area (Å²) in [7, 11) is 1.77. The minimum atomic E-state index is -0.0106. The molecule has 3 rings (SSSR count). The van der Waals surface area contributed by atoms with Gasteiger partial charge < -0.3 is 20.1 Å². The molecule has 132 valence electrons. The van der Waals surface area contributed by atoms with E-state index in [4.69, 9.17) is 15.2 Å². The summed E-state index contributed by atoms with van der Waals surface area (Å²) in [5, 5.41) is 0.513. The van der Waals surface area contributed by atoms with Gasteiger partial charge in [0.1, 0.15) is 19.0 Å². The SMILES string of the molecule is Cc1cc(N)nc(SCC(=O)N(C)Cc2ccc3c(c2)OCCO3)n1. The number of fused-ring (bicyclic) bond motifs is 1. The topological polar surface area (TPSA) is 90.6 Å². The van der Waals surface area contributed by atoms with Crippen LogP contribution in [-0.2, 0) is 11.3 Å². The summed E-state index contributed by atoms with van der Waals surface area (Å²) in [4.78, 5) is 22.4. The van der Waals surface area contributed by atoms with Gasteiger partial charge in [0, 0.05) is 25.4 Å². The van der Waals surface area contributed by atoms with Crippen LogP contribution in [0, 0.1) is 6.92 Å². The van der Waals surface area contributed by atoms with Crippen LogP contribution in [0.1, 0.15) is 11.3 Å². The molecule has 2 heterocycles. The zero-order chi connectivity index (χ0) is 17.8. The summed E-state index contributed by atoms with van der Waals surface area (Å²) in [6.45, 7) is 3.44. The van der Waals surface area contributed by atoms with Crippen molar-refractivity contribution in [2.24, 2.45) is 0 Å². The predicted octanol–water partition coefficient (Wildman–Crippen LogP) is 1.89. The van der Waals surface area contributed by atoms with Crippen LogP contribution in [0.25, 0.3) is 0 Å². The van der Waals surface area contributed by atoms with Crippen molar-refractivity contribution >= 4 is 23.5 Å². The van der Waals surface area contributed by atoms with Crippen LogP contribution in [-0.4, -0.2) is 46.8 Å². The van der Waals surface area contributed by atoms with E-state index < -0.39 is 0 Å². The number of rotatable bonds is 5. The molecule has 25 heavy (non-hydrogen) atoms. The van der Waals surface area contributed by atoms with Crippen molar-refractivity contribution in [1.82, 2.24) is 14.9 Å². The Bertz CT molecular complexity index is 764. The lowest BCUT2D eigenvalue weighted by Gasteiger charge is -2.21. The van der Waals surface area contributed by atoms with Crippen LogP contribution < -0.4 is 15.2 Å². The van der Waals surface area contributed by atoms with E-state index in [0.29, 0.717) is 30.7 Å². The highest BCUT2D eigenvalue weighted by Crippen LogP contribution is 2.31. The Morgan fingerprint density at radius 2 is 2.00 bits per heavy atom. The fourth-order valence-corrected chi connectivity index (χ4v) is 3.27. The minimum absolute atomic E-state index is 0.0106. The first-order chi connectivity index (χ1) is 12.0. The lowest BCUT2D eigenvalue weighted by Crippen LogP contribution is -2.28. The van der Waals surface area contributed by atoms with Crippen molar-refractivity contribution in [2.75, 3.05) is 31.7 Å². The number of ether oxygens (including phenoxy) is 2. The summed E-state index contributed by atoms with van der Waals surface area (Å²) in [5.74, 6) is 2.12. The third-order valence-electron chi connectivity index (χ3n) is 3.63. The van der Waals surface area contributed by atoms with Crippen molar-refractivity contribution in [3.05, 3.63) is 35.5 Å². The number of amides is 1. The Morgan fingerprint density at radius 1 is 1.24 bits per heavy atom. The van der Waals surface area contributed by atoms with Gasteiger partial charge in [-0.25, -0.2) is 9.97 Å². The van der Waals surface area contributed by atoms with Gasteiger partial charge in [-0.1, -0.05) is 17.8 Å². The molecule has 0 atom stereocenters. The highest BCUT2D eigenvalue weighted by Gasteiger charge is 2.15. The Morgan fingerprint density at radius 3 is 2.76 bits per heavy atom. The van der Waals surface area contributed by atoms with Crippen molar-refractivity contribution < 1.29 is 14.3 Å². The number of hydrogen-bond donors (Lipinski definition) is 1. The fraction of sp³-hybridized carbons (Fsp3) is 0.353. The molecule has 1 aromatic heterocycles. The van der Waals surface area contributed by atoms with E-state index in [1.165, 1.54) is 11.8 Å². The molecular weight excluding hydrogens is 340 g/mol. The Labute approximate surface area is 150 Å². The molecule has 7 nitrogen and oxygen atoms in total. The molecule has 0 aliphatic carbocycles. The number of aromatic nitrogens is 2. The van der Waals surface area contributed by atoms with Gasteiger partial charge in [0.2, 0.25) is 5.91 Å². The van der Waals surface area contributed by atoms with Crippen LogP contribution in [0.3, 0.4) is 0 Å². The molecule has 2 N–H and O–H groups in total. The summed E-state index contributed by atoms with van der Waals surface area (Å²) in [5.41, 5.74) is 7.47. The van der Waals surface area contributed by atoms with E-state index in [1.807, 2.05) is 25.1 Å². The largest absolute Gasteiger partial charge is 0.486 e. The highest BCUT2D eigenvalue weighted by atomic mass is 32.2. The molecule has 0 radical (unpaired) electrons. The standard InChI is InChI=1S/C17H20N4O3S/c1-11-7-15(18)20-17(19-11)25-10-16(22)21(2)9-12-3-4-13-14(8-12)24-6-5-23-13/h3-4,7-8H,5-6,9-10H2,1-2H3,(H2,18,19,20). The molecule has 2 aromatic rings. The van der Waals surface area contributed by atoms with Crippen molar-refractivity contribution in [3.63, 3.8) is 0 Å². The lowest BCUT2D eigenvalue weighted by molar-refractivity contribution is -0.127. The van der Waals surface area contributed by atoms with Gasteiger partial charge in [0.15, 0.2) is 16.7 Å². The summed E-state index contributed by atoms with van der Waals surface area (Å²) >= 11 is 1.28. The zero-order valence-corrected chi connectivity index (χ0v) is 15.0. The van der Waals surface area contributed by atoms with Crippen LogP contribution in [0.5, 0.6) is 11.5 Å². The number of hydrogen-bond acceptors (Lipinski definition) is 7. The molecule has 1 amide bonds. The normalized spacial score (nSPS) is 12.7. The number of carbonyl (C=O) groups is 1. The molecule has 0 bridgehead atoms. The number of nitrogens with two attached hydrogens (primary N) is 1. The smallest absolute Gasteiger partial charge is 0.233 e. The number of thioether (sulfide) groups is 1. The second-order valence-corrected chi connectivity index (χ2v) is 6.68. The van der Waals surface area contributed by atoms with E-state index >= 15 is 0 Å². The maximum atomic E-state index is 12.3. The number of nitrogen functional groups attached to an aromatic ring is 1. The van der Waals surface area contributed by atoms with Gasteiger partial charge in [-0.15, -0.1) is 0 Å². The summed E-state index contributed by atoms with van der Waals surface area (Å²) in [6, 6.07) is 7.42. The Kier molecular flexibility index (Phi) is 5.28. The zero-order valence-electron chi connectivity index (χ0n) is 14.2. The second-order valence-electron chi connectivity index (χ2n) is 5.73. The molecular formula is C17H20N4O3S. The molecule has 0 fully saturated rings. The fourth-order valence-electron chi connectivity index (χ4n) is 2.41. The van der Waals surface area contributed by atoms with E-state index in [-0.39, 0.29) is 11.7 Å². The quantitative estimate of drug-likeness (QED) is 0.643. The van der Waals surface area contributed by atoms with E-state index in [0.717, 1.165) is 22.8 Å². The highest BCUT2D eigenvalue weighted by molar-refractivity contribution is 7.99. The number of nitrogens with zero attached hydrogens (tertiary/aromatic N) is 3. The van der Waals surface area contributed by atoms with Crippen molar-refractivity contribution in [2.45, 2.75) is 18.6 Å². The van der Waals surface area contributed by atoms with Gasteiger partial charge >= 0.3 is 0 Å². The monoisotopic (exact) mass is 360 g/mol. The predicted molar refractivity (Wildman–Crippen MR) is 95.8 cm³/mol. The Hall–Kier alpha value is -2.48. The van der Waals surface area contributed by atoms with Crippen molar-refractivity contribution in [1.29, 1.82) is 0 Å². The van der Waals surface area contributed by atoms with Crippen LogP contribution in [0.2, 0.25) is 0 Å². The van der Waals surface area contributed by atoms with Gasteiger partial charge in [0.25, 0.3) is 0 Å². The third kappa shape index (κ3) is 4.54. The van der Waals surface area contributed by atoms with Crippen LogP contribution in [0.4, 0.5) is 5.82 Å². The minimum Gasteiger partial charge on any atom is -0.486 e. The van der Waals surface area contributed by atoms with Gasteiger partial charge in [-0.3, -0.25) is 4.79 Å². The first-order valence-electron chi connectivity index (χ1n) is 7.88. The molecule has 0 saturated carbocycles. The number of benzene rings is 1. The van der Waals surface area contributed by atoms with Crippen molar-refractivity contribution in [3.8, 4) is 11.5 Å². The molecule has 1 aliphatic heterocycles.